The van der Waals surface area contributed by atoms with Crippen LogP contribution in [-0.2, 0) is 10.0 Å². The van der Waals surface area contributed by atoms with Gasteiger partial charge in [-0.1, -0.05) is 44.2 Å². The van der Waals surface area contributed by atoms with Gasteiger partial charge in [-0.15, -0.1) is 0 Å². The van der Waals surface area contributed by atoms with Gasteiger partial charge in [-0.2, -0.15) is 0 Å². The highest BCUT2D eigenvalue weighted by molar-refractivity contribution is 7.90. The van der Waals surface area contributed by atoms with Gasteiger partial charge in [-0.3, -0.25) is 0 Å². The molecule has 1 aliphatic rings. The third-order valence-electron chi connectivity index (χ3n) is 5.62. The minimum Gasteiger partial charge on any atom is -0.345 e. The molecule has 6 heteroatoms. The van der Waals surface area contributed by atoms with Crippen molar-refractivity contribution in [1.82, 2.24) is 14.7 Å². The highest BCUT2D eigenvalue weighted by atomic mass is 32.2. The van der Waals surface area contributed by atoms with Gasteiger partial charge < -0.3 is 4.98 Å². The van der Waals surface area contributed by atoms with Crippen LogP contribution >= 0.6 is 0 Å². The lowest BCUT2D eigenvalue weighted by molar-refractivity contribution is 0.363. The van der Waals surface area contributed by atoms with E-state index in [-0.39, 0.29) is 6.04 Å². The van der Waals surface area contributed by atoms with E-state index in [1.165, 1.54) is 5.69 Å². The maximum Gasteiger partial charge on any atom is 0.216 e. The summed E-state index contributed by atoms with van der Waals surface area (Å²) in [4.78, 5) is 8.56. The van der Waals surface area contributed by atoms with Crippen molar-refractivity contribution in [3.8, 4) is 11.3 Å². The van der Waals surface area contributed by atoms with Crippen LogP contribution in [0, 0.1) is 0 Å². The maximum absolute atomic E-state index is 12.4. The third kappa shape index (κ3) is 4.49. The fourth-order valence-corrected chi connectivity index (χ4v) is 4.74. The Hall–Kier alpha value is -1.66. The van der Waals surface area contributed by atoms with Crippen LogP contribution in [0.1, 0.15) is 83.7 Å². The molecular formula is C22H33N3O2S. The van der Waals surface area contributed by atoms with Crippen molar-refractivity contribution in [3.63, 3.8) is 0 Å². The lowest BCUT2D eigenvalue weighted by atomic mass is 9.86. The summed E-state index contributed by atoms with van der Waals surface area (Å²) in [7, 11) is -3.30. The number of aromatic amines is 1. The van der Waals surface area contributed by atoms with Crippen LogP contribution in [0.3, 0.4) is 0 Å². The van der Waals surface area contributed by atoms with E-state index >= 15 is 0 Å². The number of hydrogen-bond donors (Lipinski definition) is 2. The molecule has 0 radical (unpaired) electrons. The maximum atomic E-state index is 12.4. The minimum atomic E-state index is -3.30. The van der Waals surface area contributed by atoms with Crippen LogP contribution in [0.25, 0.3) is 11.3 Å². The summed E-state index contributed by atoms with van der Waals surface area (Å²) < 4.78 is 27.0. The Balaban J connectivity index is 1.73. The Kier molecular flexibility index (Phi) is 6.01. The third-order valence-corrected chi connectivity index (χ3v) is 7.87. The number of sulfonamides is 1. The quantitative estimate of drug-likeness (QED) is 0.742. The van der Waals surface area contributed by atoms with E-state index in [1.807, 2.05) is 18.2 Å². The summed E-state index contributed by atoms with van der Waals surface area (Å²) in [5.74, 6) is 1.76. The van der Waals surface area contributed by atoms with E-state index in [1.54, 1.807) is 20.8 Å². The van der Waals surface area contributed by atoms with Crippen LogP contribution in [0.5, 0.6) is 0 Å². The molecule has 0 bridgehead atoms. The molecule has 0 atom stereocenters. The smallest absolute Gasteiger partial charge is 0.216 e. The lowest BCUT2D eigenvalue weighted by Crippen LogP contribution is -2.45. The second kappa shape index (κ2) is 7.99. The molecule has 0 aliphatic heterocycles. The Morgan fingerprint density at radius 2 is 1.68 bits per heavy atom. The van der Waals surface area contributed by atoms with Crippen molar-refractivity contribution in [2.45, 2.75) is 82.9 Å². The van der Waals surface area contributed by atoms with Crippen LogP contribution in [0.15, 0.2) is 30.3 Å². The Labute approximate surface area is 169 Å². The monoisotopic (exact) mass is 403 g/mol. The van der Waals surface area contributed by atoms with Gasteiger partial charge >= 0.3 is 0 Å². The zero-order chi connectivity index (χ0) is 20.5. The van der Waals surface area contributed by atoms with E-state index in [4.69, 9.17) is 4.98 Å². The molecule has 1 heterocycles. The first-order chi connectivity index (χ1) is 13.1. The topological polar surface area (TPSA) is 74.8 Å². The molecule has 5 nitrogen and oxygen atoms in total. The summed E-state index contributed by atoms with van der Waals surface area (Å²) in [5, 5.41) is 0. The van der Waals surface area contributed by atoms with Crippen LogP contribution in [0.2, 0.25) is 0 Å². The van der Waals surface area contributed by atoms with Crippen molar-refractivity contribution in [3.05, 3.63) is 41.9 Å². The predicted molar refractivity (Wildman–Crippen MR) is 115 cm³/mol. The molecule has 1 aromatic heterocycles. The van der Waals surface area contributed by atoms with Gasteiger partial charge in [0.25, 0.3) is 0 Å². The molecule has 0 saturated heterocycles. The summed E-state index contributed by atoms with van der Waals surface area (Å²) in [6.45, 7) is 9.58. The standard InChI is InChI=1S/C22H33N3O2S/c1-15(2)19-20(16-9-7-6-8-10-16)24-21(23-19)17-11-13-18(14-12-17)25-28(26,27)22(3,4)5/h6-10,15,17-18,25H,11-14H2,1-5H3,(H,23,24). The molecule has 28 heavy (non-hydrogen) atoms. The number of nitrogens with zero attached hydrogens (tertiary/aromatic N) is 1. The summed E-state index contributed by atoms with van der Waals surface area (Å²) >= 11 is 0. The molecule has 0 spiro atoms. The normalized spacial score (nSPS) is 21.2. The number of H-pyrrole nitrogens is 1. The molecule has 2 aromatic rings. The van der Waals surface area contributed by atoms with Crippen molar-refractivity contribution < 1.29 is 8.42 Å². The molecule has 154 valence electrons. The molecule has 2 N–H and O–H groups in total. The Bertz CT molecular complexity index is 888. The first kappa shape index (κ1) is 21.1. The van der Waals surface area contributed by atoms with Gasteiger partial charge in [0.1, 0.15) is 5.82 Å². The number of nitrogens with one attached hydrogen (secondary N) is 2. The average molecular weight is 404 g/mol. The largest absolute Gasteiger partial charge is 0.345 e. The van der Waals surface area contributed by atoms with Crippen LogP contribution in [-0.4, -0.2) is 29.2 Å². The van der Waals surface area contributed by atoms with E-state index in [2.05, 4.69) is 35.7 Å². The second-order valence-corrected chi connectivity index (χ2v) is 11.7. The molecular weight excluding hydrogens is 370 g/mol. The van der Waals surface area contributed by atoms with E-state index in [0.717, 1.165) is 42.8 Å². The Morgan fingerprint density at radius 3 is 2.21 bits per heavy atom. The first-order valence-electron chi connectivity index (χ1n) is 10.3. The molecule has 0 amide bonds. The van der Waals surface area contributed by atoms with Crippen molar-refractivity contribution in [2.75, 3.05) is 0 Å². The highest BCUT2D eigenvalue weighted by Crippen LogP contribution is 2.36. The van der Waals surface area contributed by atoms with Gasteiger partial charge in [0, 0.05) is 23.2 Å². The summed E-state index contributed by atoms with van der Waals surface area (Å²) in [5.41, 5.74) is 3.36. The lowest BCUT2D eigenvalue weighted by Gasteiger charge is -2.30. The SMILES string of the molecule is CC(C)c1[nH]c(C2CCC(NS(=O)(=O)C(C)(C)C)CC2)nc1-c1ccccc1. The number of rotatable bonds is 5. The van der Waals surface area contributed by atoms with Gasteiger partial charge in [0.2, 0.25) is 10.0 Å². The summed E-state index contributed by atoms with van der Waals surface area (Å²) in [6.07, 6.45) is 3.57. The average Bonchev–Trinajstić information content (AvgIpc) is 3.07. The van der Waals surface area contributed by atoms with E-state index in [9.17, 15) is 8.42 Å². The van der Waals surface area contributed by atoms with Gasteiger partial charge in [-0.25, -0.2) is 18.1 Å². The molecule has 1 aromatic carbocycles. The Morgan fingerprint density at radius 1 is 1.07 bits per heavy atom. The molecule has 3 rings (SSSR count). The molecule has 1 aliphatic carbocycles. The highest BCUT2D eigenvalue weighted by Gasteiger charge is 2.33. The number of imidazole rings is 1. The number of aromatic nitrogens is 2. The van der Waals surface area contributed by atoms with Gasteiger partial charge in [0.05, 0.1) is 10.4 Å². The first-order valence-corrected chi connectivity index (χ1v) is 11.7. The predicted octanol–water partition coefficient (Wildman–Crippen LogP) is 4.94. The minimum absolute atomic E-state index is 0.0219. The van der Waals surface area contributed by atoms with Crippen molar-refractivity contribution in [2.24, 2.45) is 0 Å². The molecule has 0 unspecified atom stereocenters. The molecule has 1 fully saturated rings. The van der Waals surface area contributed by atoms with Crippen LogP contribution < -0.4 is 4.72 Å². The molecule has 1 saturated carbocycles. The summed E-state index contributed by atoms with van der Waals surface area (Å²) in [6, 6.07) is 10.3. The van der Waals surface area contributed by atoms with E-state index in [0.29, 0.717) is 11.8 Å². The fourth-order valence-electron chi connectivity index (χ4n) is 3.71. The van der Waals surface area contributed by atoms with Crippen LogP contribution in [0.4, 0.5) is 0 Å². The van der Waals surface area contributed by atoms with Crippen molar-refractivity contribution in [1.29, 1.82) is 0 Å². The second-order valence-electron chi connectivity index (χ2n) is 9.19. The zero-order valence-corrected chi connectivity index (χ0v) is 18.4. The number of hydrogen-bond acceptors (Lipinski definition) is 3. The van der Waals surface area contributed by atoms with Gasteiger partial charge in [0.15, 0.2) is 0 Å². The van der Waals surface area contributed by atoms with Gasteiger partial charge in [-0.05, 0) is 52.4 Å². The van der Waals surface area contributed by atoms with E-state index < -0.39 is 14.8 Å². The number of benzene rings is 1. The fraction of sp³-hybridized carbons (Fsp3) is 0.591. The zero-order valence-electron chi connectivity index (χ0n) is 17.6. The van der Waals surface area contributed by atoms with Crippen molar-refractivity contribution >= 4 is 10.0 Å².